The summed E-state index contributed by atoms with van der Waals surface area (Å²) in [5.74, 6) is -0.269. The average Bonchev–Trinajstić information content (AvgIpc) is 3.30. The molecule has 0 saturated heterocycles. The Labute approximate surface area is 187 Å². The molecule has 1 aromatic heterocycles. The number of thiophene rings is 1. The van der Waals surface area contributed by atoms with Crippen molar-refractivity contribution in [2.24, 2.45) is 5.92 Å². The van der Waals surface area contributed by atoms with Gasteiger partial charge in [-0.05, 0) is 53.1 Å². The van der Waals surface area contributed by atoms with Crippen molar-refractivity contribution in [2.75, 3.05) is 11.9 Å². The van der Waals surface area contributed by atoms with E-state index < -0.39 is 5.92 Å². The minimum atomic E-state index is -0.475. The molecule has 0 aliphatic carbocycles. The zero-order valence-electron chi connectivity index (χ0n) is 18.2. The number of carbonyl (C=O) groups excluding carboxylic acids is 2. The largest absolute Gasteiger partial charge is 0.329 e. The molecule has 160 valence electrons. The number of amides is 2. The van der Waals surface area contributed by atoms with Gasteiger partial charge in [0.2, 0.25) is 5.91 Å². The Morgan fingerprint density at radius 2 is 1.81 bits per heavy atom. The van der Waals surface area contributed by atoms with Crippen LogP contribution in [0.5, 0.6) is 0 Å². The number of benzene rings is 2. The van der Waals surface area contributed by atoms with Crippen LogP contribution in [0.4, 0.5) is 5.69 Å². The lowest BCUT2D eigenvalue weighted by Crippen LogP contribution is -2.47. The van der Waals surface area contributed by atoms with Crippen LogP contribution in [0.2, 0.25) is 0 Å². The number of fused-ring (bicyclic) bond motifs is 1. The maximum atomic E-state index is 13.7. The van der Waals surface area contributed by atoms with Crippen LogP contribution in [0.15, 0.2) is 66.0 Å². The molecule has 31 heavy (non-hydrogen) atoms. The zero-order chi connectivity index (χ0) is 22.0. The Morgan fingerprint density at radius 3 is 2.45 bits per heavy atom. The summed E-state index contributed by atoms with van der Waals surface area (Å²) in [6.07, 6.45) is 0.955. The van der Waals surface area contributed by atoms with Crippen LogP contribution >= 0.6 is 11.3 Å². The molecule has 5 heteroatoms. The number of anilines is 1. The van der Waals surface area contributed by atoms with Crippen molar-refractivity contribution < 1.29 is 9.59 Å². The van der Waals surface area contributed by atoms with Gasteiger partial charge in [-0.1, -0.05) is 57.2 Å². The molecule has 4 nitrogen and oxygen atoms in total. The first-order valence-corrected chi connectivity index (χ1v) is 11.7. The summed E-state index contributed by atoms with van der Waals surface area (Å²) in [5.41, 5.74) is 3.43. The van der Waals surface area contributed by atoms with E-state index in [4.69, 9.17) is 0 Å². The predicted octanol–water partition coefficient (Wildman–Crippen LogP) is 5.89. The first-order valence-electron chi connectivity index (χ1n) is 10.8. The number of nitrogens with zero attached hydrogens (tertiary/aromatic N) is 1. The van der Waals surface area contributed by atoms with Gasteiger partial charge in [0, 0.05) is 22.7 Å². The first-order chi connectivity index (χ1) is 15.0. The molecule has 1 N–H and O–H groups in total. The number of carbonyl (C=O) groups is 2. The fourth-order valence-corrected chi connectivity index (χ4v) is 5.16. The summed E-state index contributed by atoms with van der Waals surface area (Å²) in [4.78, 5) is 30.1. The molecule has 0 bridgehead atoms. The number of rotatable bonds is 6. The van der Waals surface area contributed by atoms with Gasteiger partial charge in [0.15, 0.2) is 0 Å². The van der Waals surface area contributed by atoms with E-state index in [1.165, 1.54) is 5.56 Å². The van der Waals surface area contributed by atoms with Crippen LogP contribution in [-0.4, -0.2) is 23.3 Å². The molecule has 0 spiro atoms. The van der Waals surface area contributed by atoms with E-state index in [0.29, 0.717) is 18.0 Å². The van der Waals surface area contributed by atoms with Gasteiger partial charge < -0.3 is 10.2 Å². The maximum Gasteiger partial charge on any atom is 0.254 e. The number of nitrogens with one attached hydrogen (secondary N) is 1. The van der Waals surface area contributed by atoms with E-state index in [9.17, 15) is 9.59 Å². The fourth-order valence-electron chi connectivity index (χ4n) is 4.29. The molecule has 0 unspecified atom stereocenters. The van der Waals surface area contributed by atoms with Gasteiger partial charge >= 0.3 is 0 Å². The Balaban J connectivity index is 1.78. The fraction of sp³-hybridized carbons (Fsp3) is 0.308. The Morgan fingerprint density at radius 1 is 1.06 bits per heavy atom. The molecule has 2 heterocycles. The smallest absolute Gasteiger partial charge is 0.254 e. The SMILES string of the molecule is CCc1ccc(NC(=O)[C@@H]2c3ccccc3C(=O)N(CC(C)C)[C@H]2c2cccs2)cc1. The molecule has 2 aromatic carbocycles. The third-order valence-corrected chi connectivity index (χ3v) is 6.69. The molecule has 0 radical (unpaired) electrons. The van der Waals surface area contributed by atoms with E-state index in [-0.39, 0.29) is 17.9 Å². The Hall–Kier alpha value is -2.92. The van der Waals surface area contributed by atoms with Crippen molar-refractivity contribution in [3.8, 4) is 0 Å². The van der Waals surface area contributed by atoms with Crippen molar-refractivity contribution in [3.05, 3.63) is 87.6 Å². The second-order valence-corrected chi connectivity index (χ2v) is 9.40. The molecule has 1 aliphatic heterocycles. The standard InChI is InChI=1S/C26H28N2O2S/c1-4-18-11-13-19(14-12-18)27-25(29)23-20-8-5-6-9-21(20)26(30)28(16-17(2)3)24(23)22-10-7-15-31-22/h5-15,17,23-24H,4,16H2,1-3H3,(H,27,29)/t23-,24+/m1/s1. The molecule has 0 saturated carbocycles. The van der Waals surface area contributed by atoms with Crippen molar-refractivity contribution in [2.45, 2.75) is 39.2 Å². The lowest BCUT2D eigenvalue weighted by Gasteiger charge is -2.42. The van der Waals surface area contributed by atoms with Crippen LogP contribution in [0.25, 0.3) is 0 Å². The van der Waals surface area contributed by atoms with E-state index >= 15 is 0 Å². The van der Waals surface area contributed by atoms with Gasteiger partial charge in [0.05, 0.1) is 12.0 Å². The topological polar surface area (TPSA) is 49.4 Å². The molecule has 2 atom stereocenters. The second kappa shape index (κ2) is 9.06. The zero-order valence-corrected chi connectivity index (χ0v) is 19.0. The minimum absolute atomic E-state index is 0.000881. The van der Waals surface area contributed by atoms with Gasteiger partial charge in [-0.3, -0.25) is 9.59 Å². The van der Waals surface area contributed by atoms with Crippen molar-refractivity contribution in [1.82, 2.24) is 4.90 Å². The molecular weight excluding hydrogens is 404 g/mol. The van der Waals surface area contributed by atoms with E-state index in [0.717, 1.165) is 22.5 Å². The summed E-state index contributed by atoms with van der Waals surface area (Å²) in [6.45, 7) is 6.91. The summed E-state index contributed by atoms with van der Waals surface area (Å²) in [5, 5.41) is 5.12. The quantitative estimate of drug-likeness (QED) is 0.528. The summed E-state index contributed by atoms with van der Waals surface area (Å²) >= 11 is 1.60. The Kier molecular flexibility index (Phi) is 6.23. The molecule has 2 amide bonds. The highest BCUT2D eigenvalue weighted by molar-refractivity contribution is 7.10. The highest BCUT2D eigenvalue weighted by Gasteiger charge is 2.44. The van der Waals surface area contributed by atoms with Crippen LogP contribution in [0, 0.1) is 5.92 Å². The third-order valence-electron chi connectivity index (χ3n) is 5.75. The Bertz CT molecular complexity index is 1060. The molecule has 0 fully saturated rings. The molecular formula is C26H28N2O2S. The molecule has 4 rings (SSSR count). The summed E-state index contributed by atoms with van der Waals surface area (Å²) in [6, 6.07) is 19.2. The maximum absolute atomic E-state index is 13.7. The normalized spacial score (nSPS) is 18.2. The predicted molar refractivity (Wildman–Crippen MR) is 127 cm³/mol. The van der Waals surface area contributed by atoms with Crippen molar-refractivity contribution in [3.63, 3.8) is 0 Å². The van der Waals surface area contributed by atoms with Crippen LogP contribution < -0.4 is 5.32 Å². The average molecular weight is 433 g/mol. The highest BCUT2D eigenvalue weighted by Crippen LogP contribution is 2.44. The van der Waals surface area contributed by atoms with Gasteiger partial charge in [-0.15, -0.1) is 11.3 Å². The van der Waals surface area contributed by atoms with Crippen LogP contribution in [-0.2, 0) is 11.2 Å². The van der Waals surface area contributed by atoms with E-state index in [2.05, 4.69) is 26.1 Å². The van der Waals surface area contributed by atoms with Crippen molar-refractivity contribution in [1.29, 1.82) is 0 Å². The lowest BCUT2D eigenvalue weighted by molar-refractivity contribution is -0.119. The van der Waals surface area contributed by atoms with Crippen LogP contribution in [0.1, 0.15) is 59.1 Å². The summed E-state index contributed by atoms with van der Waals surface area (Å²) < 4.78 is 0. The minimum Gasteiger partial charge on any atom is -0.329 e. The first kappa shape index (κ1) is 21.3. The monoisotopic (exact) mass is 432 g/mol. The van der Waals surface area contributed by atoms with Gasteiger partial charge in [0.1, 0.15) is 0 Å². The van der Waals surface area contributed by atoms with E-state index in [1.54, 1.807) is 11.3 Å². The molecule has 3 aromatic rings. The summed E-state index contributed by atoms with van der Waals surface area (Å²) in [7, 11) is 0. The second-order valence-electron chi connectivity index (χ2n) is 8.42. The van der Waals surface area contributed by atoms with Gasteiger partial charge in [-0.2, -0.15) is 0 Å². The van der Waals surface area contributed by atoms with Gasteiger partial charge in [0.25, 0.3) is 5.91 Å². The van der Waals surface area contributed by atoms with E-state index in [1.807, 2.05) is 70.9 Å². The number of hydrogen-bond donors (Lipinski definition) is 1. The van der Waals surface area contributed by atoms with Crippen molar-refractivity contribution >= 4 is 28.8 Å². The lowest BCUT2D eigenvalue weighted by atomic mass is 9.81. The number of hydrogen-bond acceptors (Lipinski definition) is 3. The molecule has 1 aliphatic rings. The van der Waals surface area contributed by atoms with Gasteiger partial charge in [-0.25, -0.2) is 0 Å². The highest BCUT2D eigenvalue weighted by atomic mass is 32.1. The third kappa shape index (κ3) is 4.28. The number of aryl methyl sites for hydroxylation is 1. The van der Waals surface area contributed by atoms with Crippen LogP contribution in [0.3, 0.4) is 0 Å².